The van der Waals surface area contributed by atoms with Crippen LogP contribution in [0.25, 0.3) is 0 Å². The number of ether oxygens (including phenoxy) is 1. The lowest BCUT2D eigenvalue weighted by Crippen LogP contribution is -2.50. The molecule has 0 radical (unpaired) electrons. The molecule has 1 aliphatic rings. The second-order valence-corrected chi connectivity index (χ2v) is 8.91. The van der Waals surface area contributed by atoms with Crippen LogP contribution in [0.5, 0.6) is 11.5 Å². The van der Waals surface area contributed by atoms with Gasteiger partial charge in [-0.05, 0) is 44.4 Å². The van der Waals surface area contributed by atoms with Crippen molar-refractivity contribution in [1.29, 1.82) is 0 Å². The number of sulfonamides is 1. The SMILES string of the molecule is CCCS(=O)(=O)N1CCC(NC(=NCc2cc(OC)ccc2O)NCC)CC1. The lowest BCUT2D eigenvalue weighted by molar-refractivity contribution is 0.306. The Bertz CT molecular complexity index is 759. The molecular weight excluding hydrogens is 380 g/mol. The Morgan fingerprint density at radius 3 is 2.64 bits per heavy atom. The molecule has 1 aromatic rings. The molecule has 3 N–H and O–H groups in total. The molecule has 2 rings (SSSR count). The molecule has 8 nitrogen and oxygen atoms in total. The predicted molar refractivity (Wildman–Crippen MR) is 111 cm³/mol. The lowest BCUT2D eigenvalue weighted by Gasteiger charge is -2.32. The average molecular weight is 413 g/mol. The van der Waals surface area contributed by atoms with Crippen molar-refractivity contribution in [2.45, 2.75) is 45.7 Å². The number of methoxy groups -OCH3 is 1. The van der Waals surface area contributed by atoms with Crippen LogP contribution < -0.4 is 15.4 Å². The number of benzene rings is 1. The van der Waals surface area contributed by atoms with Crippen molar-refractivity contribution in [2.75, 3.05) is 32.5 Å². The Hall–Kier alpha value is -2.00. The molecule has 1 aliphatic heterocycles. The number of guanidine groups is 1. The zero-order chi connectivity index (χ0) is 20.6. The summed E-state index contributed by atoms with van der Waals surface area (Å²) in [6, 6.07) is 5.22. The van der Waals surface area contributed by atoms with E-state index in [2.05, 4.69) is 15.6 Å². The number of hydrogen-bond acceptors (Lipinski definition) is 5. The predicted octanol–water partition coefficient (Wildman–Crippen LogP) is 1.66. The highest BCUT2D eigenvalue weighted by atomic mass is 32.2. The summed E-state index contributed by atoms with van der Waals surface area (Å²) in [4.78, 5) is 4.56. The minimum absolute atomic E-state index is 0.157. The molecule has 9 heteroatoms. The fraction of sp³-hybridized carbons (Fsp3) is 0.632. The second-order valence-electron chi connectivity index (χ2n) is 6.82. The maximum absolute atomic E-state index is 12.2. The van der Waals surface area contributed by atoms with Crippen LogP contribution in [0.3, 0.4) is 0 Å². The molecule has 0 aliphatic carbocycles. The largest absolute Gasteiger partial charge is 0.508 e. The van der Waals surface area contributed by atoms with Gasteiger partial charge in [-0.3, -0.25) is 0 Å². The zero-order valence-corrected chi connectivity index (χ0v) is 17.8. The van der Waals surface area contributed by atoms with Crippen molar-refractivity contribution < 1.29 is 18.3 Å². The minimum atomic E-state index is -3.13. The first-order valence-electron chi connectivity index (χ1n) is 9.78. The van der Waals surface area contributed by atoms with Gasteiger partial charge >= 0.3 is 0 Å². The Morgan fingerprint density at radius 1 is 1.32 bits per heavy atom. The van der Waals surface area contributed by atoms with Gasteiger partial charge in [0.05, 0.1) is 19.4 Å². The van der Waals surface area contributed by atoms with Gasteiger partial charge in [0.25, 0.3) is 0 Å². The third kappa shape index (κ3) is 6.27. The third-order valence-corrected chi connectivity index (χ3v) is 6.76. The van der Waals surface area contributed by atoms with E-state index in [1.165, 1.54) is 0 Å². The van der Waals surface area contributed by atoms with Gasteiger partial charge in [0.1, 0.15) is 11.5 Å². The number of aliphatic imine (C=N–C) groups is 1. The number of rotatable bonds is 8. The molecule has 0 atom stereocenters. The van der Waals surface area contributed by atoms with Crippen LogP contribution in [-0.2, 0) is 16.6 Å². The standard InChI is InChI=1S/C19H32N4O4S/c1-4-12-28(25,26)23-10-8-16(9-11-23)22-19(20-5-2)21-14-15-13-17(27-3)6-7-18(15)24/h6-7,13,16,24H,4-5,8-12,14H2,1-3H3,(H2,20,21,22). The van der Waals surface area contributed by atoms with E-state index in [1.54, 1.807) is 29.6 Å². The summed E-state index contributed by atoms with van der Waals surface area (Å²) in [6.45, 7) is 5.93. The van der Waals surface area contributed by atoms with Crippen LogP contribution in [0.2, 0.25) is 0 Å². The molecule has 0 unspecified atom stereocenters. The van der Waals surface area contributed by atoms with E-state index in [0.29, 0.717) is 49.9 Å². The number of nitrogens with one attached hydrogen (secondary N) is 2. The monoisotopic (exact) mass is 412 g/mol. The highest BCUT2D eigenvalue weighted by molar-refractivity contribution is 7.89. The molecule has 28 heavy (non-hydrogen) atoms. The Kier molecular flexibility index (Phi) is 8.37. The number of aromatic hydroxyl groups is 1. The average Bonchev–Trinajstić information content (AvgIpc) is 2.67. The summed E-state index contributed by atoms with van der Waals surface area (Å²) >= 11 is 0. The van der Waals surface area contributed by atoms with Crippen LogP contribution >= 0.6 is 0 Å². The maximum atomic E-state index is 12.2. The highest BCUT2D eigenvalue weighted by Crippen LogP contribution is 2.23. The highest BCUT2D eigenvalue weighted by Gasteiger charge is 2.27. The van der Waals surface area contributed by atoms with E-state index in [1.807, 2.05) is 13.8 Å². The van der Waals surface area contributed by atoms with Crippen LogP contribution in [0.15, 0.2) is 23.2 Å². The molecular formula is C19H32N4O4S. The first-order chi connectivity index (χ1) is 13.4. The van der Waals surface area contributed by atoms with E-state index < -0.39 is 10.0 Å². The fourth-order valence-electron chi connectivity index (χ4n) is 3.16. The van der Waals surface area contributed by atoms with Gasteiger partial charge < -0.3 is 20.5 Å². The van der Waals surface area contributed by atoms with Gasteiger partial charge in [0, 0.05) is 31.2 Å². The molecule has 0 aromatic heterocycles. The van der Waals surface area contributed by atoms with E-state index in [-0.39, 0.29) is 17.5 Å². The van der Waals surface area contributed by atoms with Gasteiger partial charge in [-0.15, -0.1) is 0 Å². The van der Waals surface area contributed by atoms with Crippen molar-refractivity contribution in [2.24, 2.45) is 4.99 Å². The molecule has 0 amide bonds. The minimum Gasteiger partial charge on any atom is -0.508 e. The fourth-order valence-corrected chi connectivity index (χ4v) is 4.70. The van der Waals surface area contributed by atoms with Crippen molar-refractivity contribution in [3.05, 3.63) is 23.8 Å². The summed E-state index contributed by atoms with van der Waals surface area (Å²) < 4.78 is 31.2. The molecule has 1 aromatic carbocycles. The van der Waals surface area contributed by atoms with Crippen molar-refractivity contribution in [1.82, 2.24) is 14.9 Å². The topological polar surface area (TPSA) is 103 Å². The smallest absolute Gasteiger partial charge is 0.214 e. The molecule has 1 fully saturated rings. The van der Waals surface area contributed by atoms with Gasteiger partial charge in [-0.2, -0.15) is 0 Å². The van der Waals surface area contributed by atoms with E-state index in [9.17, 15) is 13.5 Å². The number of nitrogens with zero attached hydrogens (tertiary/aromatic N) is 2. The van der Waals surface area contributed by atoms with Crippen LogP contribution in [0.4, 0.5) is 0 Å². The van der Waals surface area contributed by atoms with E-state index in [4.69, 9.17) is 4.74 Å². The van der Waals surface area contributed by atoms with Crippen LogP contribution in [-0.4, -0.2) is 62.3 Å². The normalized spacial score (nSPS) is 16.8. The summed E-state index contributed by atoms with van der Waals surface area (Å²) in [5.41, 5.74) is 0.678. The quantitative estimate of drug-likeness (QED) is 0.443. The van der Waals surface area contributed by atoms with Crippen molar-refractivity contribution in [3.8, 4) is 11.5 Å². The zero-order valence-electron chi connectivity index (χ0n) is 16.9. The van der Waals surface area contributed by atoms with Crippen molar-refractivity contribution >= 4 is 16.0 Å². The second kappa shape index (κ2) is 10.5. The lowest BCUT2D eigenvalue weighted by atomic mass is 10.1. The number of hydrogen-bond donors (Lipinski definition) is 3. The Labute approximate surface area is 168 Å². The molecule has 1 heterocycles. The molecule has 1 saturated heterocycles. The first-order valence-corrected chi connectivity index (χ1v) is 11.4. The van der Waals surface area contributed by atoms with Gasteiger partial charge in [0.15, 0.2) is 5.96 Å². The molecule has 0 saturated carbocycles. The first kappa shape index (κ1) is 22.3. The van der Waals surface area contributed by atoms with Gasteiger partial charge in [-0.25, -0.2) is 17.7 Å². The summed E-state index contributed by atoms with van der Waals surface area (Å²) in [6.07, 6.45) is 2.10. The van der Waals surface area contributed by atoms with E-state index in [0.717, 1.165) is 12.8 Å². The third-order valence-electron chi connectivity index (χ3n) is 4.69. The maximum Gasteiger partial charge on any atom is 0.214 e. The van der Waals surface area contributed by atoms with Gasteiger partial charge in [-0.1, -0.05) is 6.92 Å². The van der Waals surface area contributed by atoms with Gasteiger partial charge in [0.2, 0.25) is 10.0 Å². The Balaban J connectivity index is 1.97. The molecule has 0 bridgehead atoms. The van der Waals surface area contributed by atoms with Crippen LogP contribution in [0, 0.1) is 0 Å². The number of phenols is 1. The molecule has 0 spiro atoms. The number of phenolic OH excluding ortho intramolecular Hbond substituents is 1. The summed E-state index contributed by atoms with van der Waals surface area (Å²) in [7, 11) is -1.55. The van der Waals surface area contributed by atoms with Crippen LogP contribution in [0.1, 0.15) is 38.7 Å². The van der Waals surface area contributed by atoms with E-state index >= 15 is 0 Å². The Morgan fingerprint density at radius 2 is 2.04 bits per heavy atom. The molecule has 158 valence electrons. The summed E-state index contributed by atoms with van der Waals surface area (Å²) in [5, 5.41) is 16.6. The summed E-state index contributed by atoms with van der Waals surface area (Å²) in [5.74, 6) is 1.70. The van der Waals surface area contributed by atoms with Crippen molar-refractivity contribution in [3.63, 3.8) is 0 Å². The number of piperidine rings is 1.